The van der Waals surface area contributed by atoms with Crippen molar-refractivity contribution in [2.24, 2.45) is 5.73 Å². The molecule has 12 heavy (non-hydrogen) atoms. The van der Waals surface area contributed by atoms with E-state index >= 15 is 0 Å². The minimum atomic E-state index is -0.440. The highest BCUT2D eigenvalue weighted by Gasteiger charge is 2.03. The summed E-state index contributed by atoms with van der Waals surface area (Å²) in [6.45, 7) is 0. The van der Waals surface area contributed by atoms with Crippen molar-refractivity contribution in [1.82, 2.24) is 8.75 Å². The topological polar surface area (TPSA) is 68.9 Å². The zero-order valence-electron chi connectivity index (χ0n) is 6.02. The monoisotopic (exact) mass is 179 g/mol. The lowest BCUT2D eigenvalue weighted by Gasteiger charge is -1.92. The van der Waals surface area contributed by atoms with Crippen LogP contribution in [0, 0.1) is 0 Å². The smallest absolute Gasteiger partial charge is 0.248 e. The van der Waals surface area contributed by atoms with Gasteiger partial charge >= 0.3 is 0 Å². The number of carbonyl (C=O) groups is 1. The second kappa shape index (κ2) is 2.53. The Bertz CT molecular complexity index is 437. The number of rotatable bonds is 1. The van der Waals surface area contributed by atoms with Crippen LogP contribution in [-0.2, 0) is 0 Å². The first kappa shape index (κ1) is 7.17. The van der Waals surface area contributed by atoms with Crippen LogP contribution in [0.15, 0.2) is 18.2 Å². The quantitative estimate of drug-likeness (QED) is 0.703. The number of carbonyl (C=O) groups excluding carboxylic acids is 1. The summed E-state index contributed by atoms with van der Waals surface area (Å²) in [4.78, 5) is 10.7. The van der Waals surface area contributed by atoms with Crippen LogP contribution >= 0.6 is 11.7 Å². The third-order valence-electron chi connectivity index (χ3n) is 1.54. The fourth-order valence-electron chi connectivity index (χ4n) is 0.935. The molecule has 1 amide bonds. The molecular formula is C7H5N3OS. The van der Waals surface area contributed by atoms with Gasteiger partial charge in [-0.25, -0.2) is 0 Å². The second-order valence-electron chi connectivity index (χ2n) is 2.33. The van der Waals surface area contributed by atoms with Crippen LogP contribution in [0.1, 0.15) is 10.4 Å². The molecule has 1 aromatic carbocycles. The first-order chi connectivity index (χ1) is 5.77. The van der Waals surface area contributed by atoms with Crippen molar-refractivity contribution >= 4 is 28.7 Å². The molecule has 60 valence electrons. The highest BCUT2D eigenvalue weighted by Crippen LogP contribution is 2.12. The van der Waals surface area contributed by atoms with E-state index in [1.54, 1.807) is 18.2 Å². The van der Waals surface area contributed by atoms with Gasteiger partial charge in [-0.2, -0.15) is 8.75 Å². The number of benzene rings is 1. The van der Waals surface area contributed by atoms with E-state index < -0.39 is 5.91 Å². The summed E-state index contributed by atoms with van der Waals surface area (Å²) in [5.41, 5.74) is 7.07. The molecule has 0 spiro atoms. The van der Waals surface area contributed by atoms with Gasteiger partial charge in [0, 0.05) is 5.56 Å². The van der Waals surface area contributed by atoms with Crippen LogP contribution in [0.25, 0.3) is 11.0 Å². The van der Waals surface area contributed by atoms with Crippen molar-refractivity contribution in [3.05, 3.63) is 23.8 Å². The van der Waals surface area contributed by atoms with E-state index in [9.17, 15) is 4.79 Å². The third-order valence-corrected chi connectivity index (χ3v) is 2.09. The van der Waals surface area contributed by atoms with Crippen molar-refractivity contribution < 1.29 is 4.79 Å². The van der Waals surface area contributed by atoms with E-state index in [-0.39, 0.29) is 0 Å². The van der Waals surface area contributed by atoms with Gasteiger partial charge in [-0.15, -0.1) is 0 Å². The number of aromatic nitrogens is 2. The maximum absolute atomic E-state index is 10.7. The number of hydrogen-bond acceptors (Lipinski definition) is 4. The van der Waals surface area contributed by atoms with Gasteiger partial charge in [0.2, 0.25) is 5.91 Å². The van der Waals surface area contributed by atoms with Crippen LogP contribution in [-0.4, -0.2) is 14.7 Å². The highest BCUT2D eigenvalue weighted by molar-refractivity contribution is 7.00. The molecule has 0 aliphatic carbocycles. The van der Waals surface area contributed by atoms with Gasteiger partial charge in [0.25, 0.3) is 0 Å². The van der Waals surface area contributed by atoms with Crippen LogP contribution in [0.5, 0.6) is 0 Å². The van der Waals surface area contributed by atoms with E-state index in [2.05, 4.69) is 8.75 Å². The first-order valence-electron chi connectivity index (χ1n) is 3.29. The molecule has 5 heteroatoms. The molecule has 0 atom stereocenters. The maximum atomic E-state index is 10.7. The Morgan fingerprint density at radius 2 is 2.08 bits per heavy atom. The molecule has 2 N–H and O–H groups in total. The normalized spacial score (nSPS) is 10.3. The Kier molecular flexibility index (Phi) is 1.51. The van der Waals surface area contributed by atoms with Crippen molar-refractivity contribution in [3.63, 3.8) is 0 Å². The Morgan fingerprint density at radius 1 is 1.33 bits per heavy atom. The third kappa shape index (κ3) is 1.04. The van der Waals surface area contributed by atoms with Gasteiger partial charge in [-0.1, -0.05) is 0 Å². The molecule has 0 saturated carbocycles. The standard InChI is InChI=1S/C7H5N3OS/c8-7(11)4-1-2-5-6(3-4)10-12-9-5/h1-3H,(H2,8,11). The summed E-state index contributed by atoms with van der Waals surface area (Å²) in [5.74, 6) is -0.440. The van der Waals surface area contributed by atoms with Crippen molar-refractivity contribution in [2.75, 3.05) is 0 Å². The van der Waals surface area contributed by atoms with Crippen molar-refractivity contribution in [1.29, 1.82) is 0 Å². The van der Waals surface area contributed by atoms with E-state index in [1.165, 1.54) is 0 Å². The summed E-state index contributed by atoms with van der Waals surface area (Å²) >= 11 is 1.12. The molecular weight excluding hydrogens is 174 g/mol. The van der Waals surface area contributed by atoms with E-state index in [4.69, 9.17) is 5.73 Å². The summed E-state index contributed by atoms with van der Waals surface area (Å²) in [6.07, 6.45) is 0. The fourth-order valence-corrected chi connectivity index (χ4v) is 1.45. The van der Waals surface area contributed by atoms with Crippen molar-refractivity contribution in [2.45, 2.75) is 0 Å². The van der Waals surface area contributed by atoms with Gasteiger partial charge in [0.1, 0.15) is 11.0 Å². The van der Waals surface area contributed by atoms with Crippen molar-refractivity contribution in [3.8, 4) is 0 Å². The number of fused-ring (bicyclic) bond motifs is 1. The Morgan fingerprint density at radius 3 is 2.83 bits per heavy atom. The SMILES string of the molecule is NC(=O)c1ccc2nsnc2c1. The molecule has 0 unspecified atom stereocenters. The molecule has 0 radical (unpaired) electrons. The van der Waals surface area contributed by atoms with Crippen LogP contribution in [0.3, 0.4) is 0 Å². The lowest BCUT2D eigenvalue weighted by Crippen LogP contribution is -2.10. The number of amides is 1. The molecule has 0 bridgehead atoms. The zero-order chi connectivity index (χ0) is 8.55. The lowest BCUT2D eigenvalue weighted by atomic mass is 10.2. The van der Waals surface area contributed by atoms with Crippen LogP contribution < -0.4 is 5.73 Å². The van der Waals surface area contributed by atoms with Crippen LogP contribution in [0.2, 0.25) is 0 Å². The van der Waals surface area contributed by atoms with E-state index in [0.29, 0.717) is 5.56 Å². The molecule has 0 saturated heterocycles. The highest BCUT2D eigenvalue weighted by atomic mass is 32.1. The van der Waals surface area contributed by atoms with Crippen LogP contribution in [0.4, 0.5) is 0 Å². The predicted octanol–water partition coefficient (Wildman–Crippen LogP) is 0.790. The lowest BCUT2D eigenvalue weighted by molar-refractivity contribution is 0.100. The molecule has 1 heterocycles. The maximum Gasteiger partial charge on any atom is 0.248 e. The first-order valence-corrected chi connectivity index (χ1v) is 4.02. The number of primary amides is 1. The van der Waals surface area contributed by atoms with Gasteiger partial charge in [-0.05, 0) is 18.2 Å². The molecule has 4 nitrogen and oxygen atoms in total. The Labute approximate surface area is 72.3 Å². The summed E-state index contributed by atoms with van der Waals surface area (Å²) < 4.78 is 7.98. The van der Waals surface area contributed by atoms with E-state index in [1.807, 2.05) is 0 Å². The molecule has 1 aromatic heterocycles. The Balaban J connectivity index is 2.68. The average molecular weight is 179 g/mol. The molecule has 0 aliphatic heterocycles. The van der Waals surface area contributed by atoms with Gasteiger partial charge < -0.3 is 5.73 Å². The minimum Gasteiger partial charge on any atom is -0.366 e. The van der Waals surface area contributed by atoms with E-state index in [0.717, 1.165) is 22.8 Å². The second-order valence-corrected chi connectivity index (χ2v) is 2.86. The van der Waals surface area contributed by atoms with Gasteiger partial charge in [0.15, 0.2) is 0 Å². The fraction of sp³-hybridized carbons (Fsp3) is 0. The largest absolute Gasteiger partial charge is 0.366 e. The van der Waals surface area contributed by atoms with Gasteiger partial charge in [0.05, 0.1) is 11.7 Å². The molecule has 2 rings (SSSR count). The molecule has 0 fully saturated rings. The number of hydrogen-bond donors (Lipinski definition) is 1. The van der Waals surface area contributed by atoms with Gasteiger partial charge in [-0.3, -0.25) is 4.79 Å². The average Bonchev–Trinajstić information content (AvgIpc) is 2.49. The summed E-state index contributed by atoms with van der Waals surface area (Å²) in [7, 11) is 0. The molecule has 0 aliphatic rings. The Hall–Kier alpha value is -1.49. The molecule has 2 aromatic rings. The summed E-state index contributed by atoms with van der Waals surface area (Å²) in [5, 5.41) is 0. The number of nitrogens with two attached hydrogens (primary N) is 1. The summed E-state index contributed by atoms with van der Waals surface area (Å²) in [6, 6.07) is 5.02. The predicted molar refractivity (Wildman–Crippen MR) is 45.9 cm³/mol. The minimum absolute atomic E-state index is 0.440. The number of nitrogens with zero attached hydrogens (tertiary/aromatic N) is 2. The zero-order valence-corrected chi connectivity index (χ0v) is 6.84.